The van der Waals surface area contributed by atoms with Gasteiger partial charge in [0.05, 0.1) is 17.3 Å². The van der Waals surface area contributed by atoms with Crippen molar-refractivity contribution < 1.29 is 22.7 Å². The molecule has 24 heavy (non-hydrogen) atoms. The van der Waals surface area contributed by atoms with E-state index in [1.807, 2.05) is 6.07 Å². The first-order valence-electron chi connectivity index (χ1n) is 7.01. The van der Waals surface area contributed by atoms with E-state index < -0.39 is 35.3 Å². The predicted octanol–water partition coefficient (Wildman–Crippen LogP) is 3.74. The maximum atomic E-state index is 13.0. The summed E-state index contributed by atoms with van der Waals surface area (Å²) in [4.78, 5) is 16.3. The zero-order chi connectivity index (χ0) is 17.7. The Balaban J connectivity index is 2.23. The molecule has 0 bridgehead atoms. The van der Waals surface area contributed by atoms with E-state index in [0.29, 0.717) is 0 Å². The van der Waals surface area contributed by atoms with Crippen LogP contribution in [0, 0.1) is 11.3 Å². The van der Waals surface area contributed by atoms with Gasteiger partial charge in [0.2, 0.25) is 0 Å². The van der Waals surface area contributed by atoms with Crippen molar-refractivity contribution in [2.75, 3.05) is 0 Å². The number of alkyl halides is 3. The number of carbonyl (C=O) groups is 1. The molecule has 0 aliphatic rings. The molecule has 0 saturated heterocycles. The summed E-state index contributed by atoms with van der Waals surface area (Å²) in [6.07, 6.45) is -4.41. The predicted molar refractivity (Wildman–Crippen MR) is 79.1 cm³/mol. The first-order chi connectivity index (χ1) is 11.3. The van der Waals surface area contributed by atoms with E-state index in [-0.39, 0.29) is 5.69 Å². The normalized spacial score (nSPS) is 13.6. The first-order valence-corrected chi connectivity index (χ1v) is 7.01. The number of aromatic nitrogens is 1. The molecule has 1 aromatic heterocycles. The molecular formula is C17H13F3N2O2. The molecule has 0 spiro atoms. The monoisotopic (exact) mass is 334 g/mol. The molecule has 2 aromatic rings. The molecule has 4 nitrogen and oxygen atoms in total. The van der Waals surface area contributed by atoms with Gasteiger partial charge in [0.15, 0.2) is 17.8 Å². The molecule has 124 valence electrons. The molecule has 0 aliphatic heterocycles. The minimum absolute atomic E-state index is 0.226. The lowest BCUT2D eigenvalue weighted by Crippen LogP contribution is -2.30. The Kier molecular flexibility index (Phi) is 5.19. The van der Waals surface area contributed by atoms with Gasteiger partial charge in [0, 0.05) is 6.20 Å². The number of nitrogens with zero attached hydrogens (tertiary/aromatic N) is 2. The van der Waals surface area contributed by atoms with Gasteiger partial charge < -0.3 is 4.74 Å². The number of pyridine rings is 1. The number of Topliss-reactive ketones (excluding diaryl/α,β-unsaturated/α-hetero) is 1. The number of hydrogen-bond donors (Lipinski definition) is 0. The highest BCUT2D eigenvalue weighted by atomic mass is 19.4. The summed E-state index contributed by atoms with van der Waals surface area (Å²) >= 11 is 0. The average Bonchev–Trinajstić information content (AvgIpc) is 2.56. The molecule has 2 atom stereocenters. The molecule has 2 rings (SSSR count). The van der Waals surface area contributed by atoms with Crippen molar-refractivity contribution in [2.45, 2.75) is 25.1 Å². The third-order valence-corrected chi connectivity index (χ3v) is 3.29. The van der Waals surface area contributed by atoms with E-state index in [4.69, 9.17) is 4.74 Å². The van der Waals surface area contributed by atoms with Crippen molar-refractivity contribution in [1.29, 1.82) is 5.26 Å². The number of nitriles is 1. The summed E-state index contributed by atoms with van der Waals surface area (Å²) in [5, 5.41) is 9.20. The van der Waals surface area contributed by atoms with Crippen LogP contribution in [-0.2, 0) is 11.0 Å². The van der Waals surface area contributed by atoms with Crippen molar-refractivity contribution >= 4 is 5.78 Å². The van der Waals surface area contributed by atoms with E-state index in [2.05, 4.69) is 4.98 Å². The lowest BCUT2D eigenvalue weighted by atomic mass is 9.97. The Morgan fingerprint density at radius 1 is 1.21 bits per heavy atom. The zero-order valence-corrected chi connectivity index (χ0v) is 12.6. The topological polar surface area (TPSA) is 63.0 Å². The van der Waals surface area contributed by atoms with Crippen LogP contribution in [0.25, 0.3) is 0 Å². The van der Waals surface area contributed by atoms with Gasteiger partial charge in [-0.15, -0.1) is 0 Å². The van der Waals surface area contributed by atoms with Crippen LogP contribution < -0.4 is 4.74 Å². The largest absolute Gasteiger partial charge is 0.482 e. The molecule has 1 aromatic carbocycles. The summed E-state index contributed by atoms with van der Waals surface area (Å²) in [7, 11) is 0. The fraction of sp³-hybridized carbons (Fsp3) is 0.235. The minimum Gasteiger partial charge on any atom is -0.482 e. The Morgan fingerprint density at radius 3 is 2.46 bits per heavy atom. The van der Waals surface area contributed by atoms with Crippen LogP contribution in [0.4, 0.5) is 13.2 Å². The Morgan fingerprint density at radius 2 is 1.88 bits per heavy atom. The van der Waals surface area contributed by atoms with E-state index in [9.17, 15) is 23.2 Å². The maximum Gasteiger partial charge on any atom is 0.419 e. The Hall–Kier alpha value is -2.88. The summed E-state index contributed by atoms with van der Waals surface area (Å²) in [6.45, 7) is 1.31. The lowest BCUT2D eigenvalue weighted by molar-refractivity contribution is -0.140. The van der Waals surface area contributed by atoms with Gasteiger partial charge in [-0.05, 0) is 31.2 Å². The zero-order valence-electron chi connectivity index (χ0n) is 12.6. The maximum absolute atomic E-state index is 13.0. The van der Waals surface area contributed by atoms with Gasteiger partial charge in [-0.25, -0.2) is 0 Å². The van der Waals surface area contributed by atoms with Crippen molar-refractivity contribution in [3.8, 4) is 11.8 Å². The van der Waals surface area contributed by atoms with Crippen molar-refractivity contribution in [3.63, 3.8) is 0 Å². The van der Waals surface area contributed by atoms with E-state index >= 15 is 0 Å². The van der Waals surface area contributed by atoms with Gasteiger partial charge in [-0.2, -0.15) is 18.4 Å². The SMILES string of the molecule is CC(Oc1ccccc1C(F)(F)F)C(=O)C(C#N)c1ccccn1. The number of ketones is 1. The number of ether oxygens (including phenoxy) is 1. The summed E-state index contributed by atoms with van der Waals surface area (Å²) in [5.41, 5.74) is -0.749. The van der Waals surface area contributed by atoms with Crippen molar-refractivity contribution in [3.05, 3.63) is 59.9 Å². The second-order valence-electron chi connectivity index (χ2n) is 4.97. The summed E-state index contributed by atoms with van der Waals surface area (Å²) < 4.78 is 44.1. The molecule has 0 radical (unpaired) electrons. The van der Waals surface area contributed by atoms with Crippen LogP contribution >= 0.6 is 0 Å². The molecule has 0 saturated carbocycles. The third kappa shape index (κ3) is 3.90. The highest BCUT2D eigenvalue weighted by Gasteiger charge is 2.35. The first kappa shape index (κ1) is 17.5. The molecule has 0 N–H and O–H groups in total. The Labute approximate surface area is 136 Å². The van der Waals surface area contributed by atoms with Gasteiger partial charge >= 0.3 is 6.18 Å². The van der Waals surface area contributed by atoms with Crippen LogP contribution in [0.5, 0.6) is 5.75 Å². The second kappa shape index (κ2) is 7.13. The molecule has 0 fully saturated rings. The molecule has 1 heterocycles. The fourth-order valence-electron chi connectivity index (χ4n) is 2.11. The van der Waals surface area contributed by atoms with Crippen LogP contribution in [0.3, 0.4) is 0 Å². The fourth-order valence-corrected chi connectivity index (χ4v) is 2.11. The second-order valence-corrected chi connectivity index (χ2v) is 4.97. The number of para-hydroxylation sites is 1. The van der Waals surface area contributed by atoms with Crippen molar-refractivity contribution in [1.82, 2.24) is 4.98 Å². The lowest BCUT2D eigenvalue weighted by Gasteiger charge is -2.19. The van der Waals surface area contributed by atoms with Gasteiger partial charge in [0.25, 0.3) is 0 Å². The average molecular weight is 334 g/mol. The summed E-state index contributed by atoms with van der Waals surface area (Å²) in [6, 6.07) is 11.2. The Bertz CT molecular complexity index is 754. The molecule has 7 heteroatoms. The van der Waals surface area contributed by atoms with E-state index in [1.54, 1.807) is 12.1 Å². The van der Waals surface area contributed by atoms with E-state index in [1.165, 1.54) is 31.3 Å². The number of benzene rings is 1. The molecule has 0 amide bonds. The van der Waals surface area contributed by atoms with Gasteiger partial charge in [-0.1, -0.05) is 18.2 Å². The van der Waals surface area contributed by atoms with E-state index in [0.717, 1.165) is 12.1 Å². The van der Waals surface area contributed by atoms with Gasteiger partial charge in [-0.3, -0.25) is 9.78 Å². The third-order valence-electron chi connectivity index (χ3n) is 3.29. The molecule has 2 unspecified atom stereocenters. The number of carbonyl (C=O) groups excluding carboxylic acids is 1. The highest BCUT2D eigenvalue weighted by Crippen LogP contribution is 2.36. The number of hydrogen-bond acceptors (Lipinski definition) is 4. The molecule has 0 aliphatic carbocycles. The minimum atomic E-state index is -4.60. The van der Waals surface area contributed by atoms with Gasteiger partial charge in [0.1, 0.15) is 5.75 Å². The smallest absolute Gasteiger partial charge is 0.419 e. The van der Waals surface area contributed by atoms with Crippen molar-refractivity contribution in [2.24, 2.45) is 0 Å². The number of halogens is 3. The quantitative estimate of drug-likeness (QED) is 0.835. The van der Waals surface area contributed by atoms with Crippen LogP contribution in [-0.4, -0.2) is 16.9 Å². The van der Waals surface area contributed by atoms with Crippen LogP contribution in [0.2, 0.25) is 0 Å². The van der Waals surface area contributed by atoms with Crippen LogP contribution in [0.15, 0.2) is 48.7 Å². The highest BCUT2D eigenvalue weighted by molar-refractivity contribution is 5.91. The number of rotatable bonds is 5. The van der Waals surface area contributed by atoms with Crippen LogP contribution in [0.1, 0.15) is 24.1 Å². The summed E-state index contributed by atoms with van der Waals surface area (Å²) in [5.74, 6) is -2.32. The molecular weight excluding hydrogens is 321 g/mol. The standard InChI is InChI=1S/C17H13F3N2O2/c1-11(16(23)12(10-21)14-7-4-5-9-22-14)24-15-8-3-2-6-13(15)17(18,19)20/h2-9,11-12H,1H3.